The summed E-state index contributed by atoms with van der Waals surface area (Å²) < 4.78 is 7.45. The second-order valence-corrected chi connectivity index (χ2v) is 4.90. The van der Waals surface area contributed by atoms with E-state index in [0.29, 0.717) is 17.0 Å². The van der Waals surface area contributed by atoms with E-state index in [2.05, 4.69) is 21.0 Å². The minimum atomic E-state index is -1.11. The molecule has 1 aromatic carbocycles. The quantitative estimate of drug-likeness (QED) is 0.867. The van der Waals surface area contributed by atoms with Crippen LogP contribution >= 0.6 is 15.9 Å². The molecule has 1 heterocycles. The Morgan fingerprint density at radius 3 is 2.85 bits per heavy atom. The molecule has 2 rings (SSSR count). The molecule has 0 unspecified atom stereocenters. The van der Waals surface area contributed by atoms with Crippen molar-refractivity contribution in [3.63, 3.8) is 0 Å². The van der Waals surface area contributed by atoms with Crippen molar-refractivity contribution in [3.05, 3.63) is 40.1 Å². The molecule has 0 saturated carbocycles. The van der Waals surface area contributed by atoms with Crippen molar-refractivity contribution < 1.29 is 19.7 Å². The van der Waals surface area contributed by atoms with Crippen LogP contribution in [0.3, 0.4) is 0 Å². The Morgan fingerprint density at radius 1 is 1.50 bits per heavy atom. The third-order valence-corrected chi connectivity index (χ3v) is 3.43. The van der Waals surface area contributed by atoms with Gasteiger partial charge < -0.3 is 14.9 Å². The molecule has 2 N–H and O–H groups in total. The maximum absolute atomic E-state index is 11.1. The third-order valence-electron chi connectivity index (χ3n) is 2.77. The average molecular weight is 341 g/mol. The highest BCUT2D eigenvalue weighted by Gasteiger charge is 2.16. The van der Waals surface area contributed by atoms with Crippen molar-refractivity contribution in [2.45, 2.75) is 6.42 Å². The Hall–Kier alpha value is -1.86. The predicted molar refractivity (Wildman–Crippen MR) is 75.6 cm³/mol. The zero-order valence-corrected chi connectivity index (χ0v) is 12.3. The topological polar surface area (TPSA) is 84.6 Å². The van der Waals surface area contributed by atoms with Crippen LogP contribution in [-0.2, 0) is 6.42 Å². The molecule has 0 bridgehead atoms. The van der Waals surface area contributed by atoms with Gasteiger partial charge in [0, 0.05) is 24.4 Å². The van der Waals surface area contributed by atoms with Gasteiger partial charge in [-0.05, 0) is 34.5 Å². The number of hydrogen-bond acceptors (Lipinski definition) is 4. The molecule has 0 fully saturated rings. The molecule has 6 nitrogen and oxygen atoms in total. The molecule has 1 aromatic heterocycles. The monoisotopic (exact) mass is 340 g/mol. The molecule has 0 radical (unpaired) electrons. The van der Waals surface area contributed by atoms with E-state index in [9.17, 15) is 4.79 Å². The van der Waals surface area contributed by atoms with Gasteiger partial charge in [-0.1, -0.05) is 0 Å². The van der Waals surface area contributed by atoms with Gasteiger partial charge in [0.25, 0.3) is 0 Å². The van der Waals surface area contributed by atoms with Crippen LogP contribution in [0, 0.1) is 0 Å². The standard InChI is InChI=1S/C13H13BrN2O4/c1-20-11-6-9(2-3-10(11)14)16-7-8(4-5-17)12(15-16)13(18)19/h2-3,6-7,17H,4-5H2,1H3,(H,18,19). The SMILES string of the molecule is COc1cc(-n2cc(CCO)c(C(=O)O)n2)ccc1Br. The molecule has 20 heavy (non-hydrogen) atoms. The fraction of sp³-hybridized carbons (Fsp3) is 0.231. The van der Waals surface area contributed by atoms with E-state index in [4.69, 9.17) is 14.9 Å². The van der Waals surface area contributed by atoms with Gasteiger partial charge in [-0.3, -0.25) is 0 Å². The first-order chi connectivity index (χ1) is 9.56. The maximum atomic E-state index is 11.1. The Kier molecular flexibility index (Phi) is 4.41. The molecule has 0 spiro atoms. The van der Waals surface area contributed by atoms with E-state index in [1.165, 1.54) is 4.68 Å². The molecule has 0 aliphatic rings. The van der Waals surface area contributed by atoms with Crippen LogP contribution < -0.4 is 4.74 Å². The van der Waals surface area contributed by atoms with Gasteiger partial charge in [-0.25, -0.2) is 9.48 Å². The number of benzene rings is 1. The van der Waals surface area contributed by atoms with E-state index < -0.39 is 5.97 Å². The van der Waals surface area contributed by atoms with Crippen LogP contribution in [-0.4, -0.2) is 39.7 Å². The van der Waals surface area contributed by atoms with E-state index in [-0.39, 0.29) is 18.7 Å². The van der Waals surface area contributed by atoms with Gasteiger partial charge in [-0.15, -0.1) is 0 Å². The smallest absolute Gasteiger partial charge is 0.356 e. The van der Waals surface area contributed by atoms with Crippen molar-refractivity contribution in [2.24, 2.45) is 0 Å². The molecular weight excluding hydrogens is 328 g/mol. The largest absolute Gasteiger partial charge is 0.495 e. The fourth-order valence-corrected chi connectivity index (χ4v) is 2.22. The number of carboxylic acids is 1. The maximum Gasteiger partial charge on any atom is 0.356 e. The van der Waals surface area contributed by atoms with E-state index in [1.807, 2.05) is 0 Å². The van der Waals surface area contributed by atoms with Crippen LogP contribution in [0.1, 0.15) is 16.1 Å². The number of carbonyl (C=O) groups is 1. The van der Waals surface area contributed by atoms with Crippen molar-refractivity contribution in [2.75, 3.05) is 13.7 Å². The average Bonchev–Trinajstić information content (AvgIpc) is 2.84. The zero-order chi connectivity index (χ0) is 14.7. The Bertz CT molecular complexity index is 639. The lowest BCUT2D eigenvalue weighted by Crippen LogP contribution is -2.04. The third kappa shape index (κ3) is 2.83. The minimum absolute atomic E-state index is 0.0547. The molecule has 106 valence electrons. The highest BCUT2D eigenvalue weighted by atomic mass is 79.9. The highest BCUT2D eigenvalue weighted by molar-refractivity contribution is 9.10. The summed E-state index contributed by atoms with van der Waals surface area (Å²) in [5.41, 5.74) is 1.11. The molecule has 0 aliphatic carbocycles. The van der Waals surface area contributed by atoms with Crippen LogP contribution in [0.5, 0.6) is 5.75 Å². The molecule has 0 amide bonds. The molecular formula is C13H13BrN2O4. The summed E-state index contributed by atoms with van der Waals surface area (Å²) in [5, 5.41) is 22.1. The Labute approximate surface area is 123 Å². The summed E-state index contributed by atoms with van der Waals surface area (Å²) in [5.74, 6) is -0.491. The number of hydrogen-bond donors (Lipinski definition) is 2. The van der Waals surface area contributed by atoms with Crippen LogP contribution in [0.15, 0.2) is 28.9 Å². The van der Waals surface area contributed by atoms with E-state index >= 15 is 0 Å². The number of halogens is 1. The summed E-state index contributed by atoms with van der Waals surface area (Å²) in [6.45, 7) is -0.129. The lowest BCUT2D eigenvalue weighted by Gasteiger charge is -2.06. The van der Waals surface area contributed by atoms with Crippen LogP contribution in [0.2, 0.25) is 0 Å². The van der Waals surface area contributed by atoms with Crippen molar-refractivity contribution >= 4 is 21.9 Å². The fourth-order valence-electron chi connectivity index (χ4n) is 1.82. The van der Waals surface area contributed by atoms with E-state index in [0.717, 1.165) is 4.47 Å². The number of carboxylic acid groups (broad SMARTS) is 1. The van der Waals surface area contributed by atoms with Crippen molar-refractivity contribution in [1.82, 2.24) is 9.78 Å². The van der Waals surface area contributed by atoms with Gasteiger partial charge in [0.2, 0.25) is 0 Å². The minimum Gasteiger partial charge on any atom is -0.495 e. The van der Waals surface area contributed by atoms with Crippen LogP contribution in [0.25, 0.3) is 5.69 Å². The van der Waals surface area contributed by atoms with E-state index in [1.54, 1.807) is 31.5 Å². The summed E-state index contributed by atoms with van der Waals surface area (Å²) in [6, 6.07) is 5.32. The lowest BCUT2D eigenvalue weighted by atomic mass is 10.2. The first kappa shape index (κ1) is 14.5. The number of rotatable bonds is 5. The van der Waals surface area contributed by atoms with Crippen LogP contribution in [0.4, 0.5) is 0 Å². The number of nitrogens with zero attached hydrogens (tertiary/aromatic N) is 2. The Morgan fingerprint density at radius 2 is 2.25 bits per heavy atom. The van der Waals surface area contributed by atoms with Crippen molar-refractivity contribution in [1.29, 1.82) is 0 Å². The number of methoxy groups -OCH3 is 1. The zero-order valence-electron chi connectivity index (χ0n) is 10.7. The molecule has 7 heteroatoms. The number of ether oxygens (including phenoxy) is 1. The number of aliphatic hydroxyl groups excluding tert-OH is 1. The molecule has 0 atom stereocenters. The predicted octanol–water partition coefficient (Wildman–Crippen LogP) is 1.88. The highest BCUT2D eigenvalue weighted by Crippen LogP contribution is 2.27. The first-order valence-corrected chi connectivity index (χ1v) is 6.62. The van der Waals surface area contributed by atoms with Gasteiger partial charge in [-0.2, -0.15) is 5.10 Å². The van der Waals surface area contributed by atoms with Gasteiger partial charge in [0.15, 0.2) is 5.69 Å². The molecule has 0 saturated heterocycles. The lowest BCUT2D eigenvalue weighted by molar-refractivity contribution is 0.0688. The summed E-state index contributed by atoms with van der Waals surface area (Å²) in [6.07, 6.45) is 1.84. The first-order valence-electron chi connectivity index (χ1n) is 5.83. The second-order valence-electron chi connectivity index (χ2n) is 4.05. The summed E-state index contributed by atoms with van der Waals surface area (Å²) in [7, 11) is 1.55. The second kappa shape index (κ2) is 6.06. The van der Waals surface area contributed by atoms with Crippen molar-refractivity contribution in [3.8, 4) is 11.4 Å². The molecule has 2 aromatic rings. The number of aromatic nitrogens is 2. The normalized spacial score (nSPS) is 10.6. The summed E-state index contributed by atoms with van der Waals surface area (Å²) >= 11 is 3.35. The van der Waals surface area contributed by atoms with Gasteiger partial charge in [0.1, 0.15) is 5.75 Å². The van der Waals surface area contributed by atoms with Gasteiger partial charge >= 0.3 is 5.97 Å². The summed E-state index contributed by atoms with van der Waals surface area (Å²) in [4.78, 5) is 11.1. The van der Waals surface area contributed by atoms with Gasteiger partial charge in [0.05, 0.1) is 17.3 Å². The number of aliphatic hydroxyl groups is 1. The number of aromatic carboxylic acids is 1. The Balaban J connectivity index is 2.47. The molecule has 0 aliphatic heterocycles.